The summed E-state index contributed by atoms with van der Waals surface area (Å²) >= 11 is 0. The van der Waals surface area contributed by atoms with Crippen molar-refractivity contribution in [3.8, 4) is 11.1 Å². The second kappa shape index (κ2) is 6.04. The fourth-order valence-electron chi connectivity index (χ4n) is 3.61. The largest absolute Gasteiger partial charge is 0.0654 e. The van der Waals surface area contributed by atoms with E-state index < -0.39 is 0 Å². The molecule has 3 aromatic carbocycles. The van der Waals surface area contributed by atoms with Gasteiger partial charge in [0.2, 0.25) is 0 Å². The van der Waals surface area contributed by atoms with Crippen molar-refractivity contribution >= 4 is 16.8 Å². The van der Waals surface area contributed by atoms with E-state index in [0.717, 1.165) is 6.42 Å². The summed E-state index contributed by atoms with van der Waals surface area (Å²) in [6.45, 7) is 2.27. The molecule has 0 heteroatoms. The van der Waals surface area contributed by atoms with Crippen LogP contribution in [0.4, 0.5) is 0 Å². The Bertz CT molecular complexity index is 883. The smallest absolute Gasteiger partial charge is 0.00576 e. The van der Waals surface area contributed by atoms with Gasteiger partial charge in [0, 0.05) is 0 Å². The summed E-state index contributed by atoms with van der Waals surface area (Å²) in [5, 5.41) is 2.62. The summed E-state index contributed by atoms with van der Waals surface area (Å²) < 4.78 is 0. The fourth-order valence-corrected chi connectivity index (χ4v) is 3.61. The first-order valence-electron chi connectivity index (χ1n) is 8.65. The van der Waals surface area contributed by atoms with E-state index in [4.69, 9.17) is 0 Å². The lowest BCUT2D eigenvalue weighted by Gasteiger charge is -2.09. The van der Waals surface area contributed by atoms with Gasteiger partial charge in [-0.2, -0.15) is 0 Å². The third-order valence-corrected chi connectivity index (χ3v) is 4.87. The predicted molar refractivity (Wildman–Crippen MR) is 101 cm³/mol. The fraction of sp³-hybridized carbons (Fsp3) is 0.217. The van der Waals surface area contributed by atoms with Gasteiger partial charge in [0.1, 0.15) is 0 Å². The maximum absolute atomic E-state index is 2.44. The molecule has 0 spiro atoms. The number of hydrogen-bond donors (Lipinski definition) is 0. The van der Waals surface area contributed by atoms with Gasteiger partial charge in [0.05, 0.1) is 0 Å². The Morgan fingerprint density at radius 1 is 0.870 bits per heavy atom. The Morgan fingerprint density at radius 2 is 1.74 bits per heavy atom. The summed E-state index contributed by atoms with van der Waals surface area (Å²) in [7, 11) is 0. The normalized spacial score (nSPS) is 13.2. The topological polar surface area (TPSA) is 0 Å². The van der Waals surface area contributed by atoms with Gasteiger partial charge >= 0.3 is 0 Å². The Kier molecular flexibility index (Phi) is 3.75. The van der Waals surface area contributed by atoms with Crippen molar-refractivity contribution < 1.29 is 0 Å². The van der Waals surface area contributed by atoms with E-state index in [0.29, 0.717) is 0 Å². The molecule has 0 nitrogen and oxygen atoms in total. The zero-order valence-electron chi connectivity index (χ0n) is 13.7. The molecule has 0 fully saturated rings. The van der Waals surface area contributed by atoms with Gasteiger partial charge in [0.25, 0.3) is 0 Å². The minimum Gasteiger partial charge on any atom is -0.0654 e. The monoisotopic (exact) mass is 298 g/mol. The number of fused-ring (bicyclic) bond motifs is 2. The SMILES string of the molecule is CCCCC1=Cc2c(cccc2-c2ccc3ccccc3c2)C1. The van der Waals surface area contributed by atoms with E-state index >= 15 is 0 Å². The predicted octanol–water partition coefficient (Wildman–Crippen LogP) is 6.64. The molecule has 0 heterocycles. The molecule has 1 aliphatic carbocycles. The van der Waals surface area contributed by atoms with Crippen LogP contribution < -0.4 is 0 Å². The van der Waals surface area contributed by atoms with Gasteiger partial charge in [-0.3, -0.25) is 0 Å². The van der Waals surface area contributed by atoms with Crippen LogP contribution in [-0.2, 0) is 6.42 Å². The quantitative estimate of drug-likeness (QED) is 0.506. The maximum Gasteiger partial charge on any atom is -0.00576 e. The van der Waals surface area contributed by atoms with Crippen molar-refractivity contribution in [2.75, 3.05) is 0 Å². The van der Waals surface area contributed by atoms with E-state index in [9.17, 15) is 0 Å². The molecule has 0 radical (unpaired) electrons. The molecule has 0 saturated carbocycles. The maximum atomic E-state index is 2.44. The minimum atomic E-state index is 1.14. The zero-order valence-corrected chi connectivity index (χ0v) is 13.7. The van der Waals surface area contributed by atoms with E-state index in [2.05, 4.69) is 73.7 Å². The van der Waals surface area contributed by atoms with Crippen molar-refractivity contribution in [2.24, 2.45) is 0 Å². The first kappa shape index (κ1) is 14.3. The summed E-state index contributed by atoms with van der Waals surface area (Å²) in [4.78, 5) is 0. The molecule has 23 heavy (non-hydrogen) atoms. The van der Waals surface area contributed by atoms with Gasteiger partial charge in [0.15, 0.2) is 0 Å². The number of unbranched alkanes of at least 4 members (excludes halogenated alkanes) is 1. The lowest BCUT2D eigenvalue weighted by molar-refractivity contribution is 0.779. The van der Waals surface area contributed by atoms with E-state index in [1.54, 1.807) is 5.57 Å². The number of rotatable bonds is 4. The lowest BCUT2D eigenvalue weighted by atomic mass is 9.95. The molecule has 0 saturated heterocycles. The highest BCUT2D eigenvalue weighted by molar-refractivity contribution is 5.90. The van der Waals surface area contributed by atoms with Gasteiger partial charge in [-0.1, -0.05) is 79.6 Å². The summed E-state index contributed by atoms with van der Waals surface area (Å²) in [6, 6.07) is 22.2. The summed E-state index contributed by atoms with van der Waals surface area (Å²) in [6.07, 6.45) is 7.38. The van der Waals surface area contributed by atoms with Gasteiger partial charge in [-0.15, -0.1) is 0 Å². The lowest BCUT2D eigenvalue weighted by Crippen LogP contribution is -1.88. The minimum absolute atomic E-state index is 1.14. The van der Waals surface area contributed by atoms with Gasteiger partial charge < -0.3 is 0 Å². The van der Waals surface area contributed by atoms with Crippen LogP contribution in [0.3, 0.4) is 0 Å². The van der Waals surface area contributed by atoms with E-state index in [1.807, 2.05) is 0 Å². The van der Waals surface area contributed by atoms with Crippen molar-refractivity contribution in [3.05, 3.63) is 77.4 Å². The number of allylic oxidation sites excluding steroid dienone is 1. The first-order chi connectivity index (χ1) is 11.3. The molecular formula is C23H22. The molecule has 0 amide bonds. The van der Waals surface area contributed by atoms with Crippen LogP contribution in [0.1, 0.15) is 37.3 Å². The van der Waals surface area contributed by atoms with Crippen LogP contribution in [0.5, 0.6) is 0 Å². The van der Waals surface area contributed by atoms with E-state index in [1.165, 1.54) is 52.3 Å². The third kappa shape index (κ3) is 2.70. The summed E-state index contributed by atoms with van der Waals surface area (Å²) in [5.74, 6) is 0. The second-order valence-electron chi connectivity index (χ2n) is 6.52. The average Bonchev–Trinajstić information content (AvgIpc) is 3.02. The molecule has 0 atom stereocenters. The van der Waals surface area contributed by atoms with Gasteiger partial charge in [-0.25, -0.2) is 0 Å². The molecular weight excluding hydrogens is 276 g/mol. The van der Waals surface area contributed by atoms with Crippen molar-refractivity contribution in [1.29, 1.82) is 0 Å². The standard InChI is InChI=1S/C23H22/c1-2-3-7-17-14-20-10-6-11-22(23(20)15-17)21-13-12-18-8-4-5-9-19(18)16-21/h4-6,8-13,15-16H,2-3,7,14H2,1H3. The first-order valence-corrected chi connectivity index (χ1v) is 8.65. The molecule has 3 aromatic rings. The molecule has 0 aliphatic heterocycles. The van der Waals surface area contributed by atoms with Crippen LogP contribution in [-0.4, -0.2) is 0 Å². The zero-order chi connectivity index (χ0) is 15.6. The van der Waals surface area contributed by atoms with Crippen LogP contribution in [0, 0.1) is 0 Å². The highest BCUT2D eigenvalue weighted by Crippen LogP contribution is 2.36. The molecule has 0 unspecified atom stereocenters. The highest BCUT2D eigenvalue weighted by atomic mass is 14.2. The molecule has 1 aliphatic rings. The highest BCUT2D eigenvalue weighted by Gasteiger charge is 2.16. The average molecular weight is 298 g/mol. The van der Waals surface area contributed by atoms with Gasteiger partial charge in [-0.05, 0) is 58.4 Å². The van der Waals surface area contributed by atoms with Crippen LogP contribution in [0.15, 0.2) is 66.2 Å². The molecule has 114 valence electrons. The van der Waals surface area contributed by atoms with E-state index in [-0.39, 0.29) is 0 Å². The van der Waals surface area contributed by atoms with Crippen LogP contribution >= 0.6 is 0 Å². The van der Waals surface area contributed by atoms with Crippen LogP contribution in [0.2, 0.25) is 0 Å². The number of benzene rings is 3. The Balaban J connectivity index is 1.77. The third-order valence-electron chi connectivity index (χ3n) is 4.87. The Morgan fingerprint density at radius 3 is 2.61 bits per heavy atom. The van der Waals surface area contributed by atoms with Crippen molar-refractivity contribution in [2.45, 2.75) is 32.6 Å². The van der Waals surface area contributed by atoms with Crippen LogP contribution in [0.25, 0.3) is 28.0 Å². The molecule has 0 bridgehead atoms. The molecule has 0 N–H and O–H groups in total. The summed E-state index contributed by atoms with van der Waals surface area (Å²) in [5.41, 5.74) is 7.22. The Labute approximate surface area is 138 Å². The number of hydrogen-bond acceptors (Lipinski definition) is 0. The van der Waals surface area contributed by atoms with Crippen molar-refractivity contribution in [3.63, 3.8) is 0 Å². The Hall–Kier alpha value is -2.34. The molecule has 4 rings (SSSR count). The second-order valence-corrected chi connectivity index (χ2v) is 6.52. The van der Waals surface area contributed by atoms with Crippen molar-refractivity contribution in [1.82, 2.24) is 0 Å². The molecule has 0 aromatic heterocycles.